The van der Waals surface area contributed by atoms with E-state index in [1.54, 1.807) is 24.3 Å². The van der Waals surface area contributed by atoms with Crippen LogP contribution >= 0.6 is 34.7 Å². The molecular formula is C18H20ClN3O3S2. The van der Waals surface area contributed by atoms with E-state index < -0.39 is 0 Å². The summed E-state index contributed by atoms with van der Waals surface area (Å²) in [4.78, 5) is 28.4. The zero-order valence-corrected chi connectivity index (χ0v) is 17.0. The van der Waals surface area contributed by atoms with Crippen LogP contribution in [0.1, 0.15) is 18.5 Å². The lowest BCUT2D eigenvalue weighted by atomic mass is 10.2. The second-order valence-electron chi connectivity index (χ2n) is 6.06. The molecular weight excluding hydrogens is 406 g/mol. The molecule has 1 saturated heterocycles. The molecule has 0 saturated carbocycles. The summed E-state index contributed by atoms with van der Waals surface area (Å²) < 4.78 is 6.25. The fourth-order valence-electron chi connectivity index (χ4n) is 2.55. The van der Waals surface area contributed by atoms with E-state index >= 15 is 0 Å². The molecule has 1 fully saturated rings. The van der Waals surface area contributed by atoms with Crippen LogP contribution in [0.4, 0.5) is 5.69 Å². The number of ether oxygens (including phenoxy) is 1. The Kier molecular flexibility index (Phi) is 7.51. The maximum absolute atomic E-state index is 12.0. The zero-order chi connectivity index (χ0) is 19.1. The highest BCUT2D eigenvalue weighted by Gasteiger charge is 2.16. The van der Waals surface area contributed by atoms with Crippen LogP contribution in [0.25, 0.3) is 0 Å². The van der Waals surface area contributed by atoms with E-state index in [9.17, 15) is 9.59 Å². The first kappa shape index (κ1) is 20.1. The highest BCUT2D eigenvalue weighted by molar-refractivity contribution is 8.01. The highest BCUT2D eigenvalue weighted by Crippen LogP contribution is 2.23. The van der Waals surface area contributed by atoms with Crippen LogP contribution in [-0.4, -0.2) is 41.8 Å². The monoisotopic (exact) mass is 425 g/mol. The molecule has 1 aliphatic heterocycles. The molecule has 0 radical (unpaired) electrons. The number of nitrogens with one attached hydrogen (secondary N) is 2. The summed E-state index contributed by atoms with van der Waals surface area (Å²) in [5.74, 6) is 0.0714. The van der Waals surface area contributed by atoms with Gasteiger partial charge in [0.15, 0.2) is 4.34 Å². The Morgan fingerprint density at radius 2 is 2.11 bits per heavy atom. The van der Waals surface area contributed by atoms with E-state index in [-0.39, 0.29) is 30.1 Å². The number of halogens is 1. The van der Waals surface area contributed by atoms with Crippen LogP contribution in [0, 0.1) is 0 Å². The zero-order valence-electron chi connectivity index (χ0n) is 14.6. The van der Waals surface area contributed by atoms with Crippen molar-refractivity contribution in [2.24, 2.45) is 0 Å². The van der Waals surface area contributed by atoms with E-state index in [0.717, 1.165) is 23.8 Å². The average molecular weight is 426 g/mol. The lowest BCUT2D eigenvalue weighted by molar-refractivity contribution is -0.121. The molecule has 2 aromatic rings. The van der Waals surface area contributed by atoms with E-state index in [0.29, 0.717) is 22.9 Å². The van der Waals surface area contributed by atoms with Gasteiger partial charge in [-0.2, -0.15) is 0 Å². The largest absolute Gasteiger partial charge is 0.376 e. The predicted molar refractivity (Wildman–Crippen MR) is 109 cm³/mol. The summed E-state index contributed by atoms with van der Waals surface area (Å²) in [5, 5.41) is 8.16. The van der Waals surface area contributed by atoms with E-state index in [1.807, 2.05) is 5.38 Å². The Morgan fingerprint density at radius 1 is 1.30 bits per heavy atom. The topological polar surface area (TPSA) is 80.3 Å². The fourth-order valence-corrected chi connectivity index (χ4v) is 4.32. The molecule has 2 amide bonds. The van der Waals surface area contributed by atoms with Crippen molar-refractivity contribution in [3.8, 4) is 0 Å². The van der Waals surface area contributed by atoms with Crippen molar-refractivity contribution in [3.05, 3.63) is 40.4 Å². The van der Waals surface area contributed by atoms with Gasteiger partial charge in [-0.25, -0.2) is 4.98 Å². The van der Waals surface area contributed by atoms with Gasteiger partial charge < -0.3 is 15.4 Å². The molecule has 27 heavy (non-hydrogen) atoms. The fraction of sp³-hybridized carbons (Fsp3) is 0.389. The molecule has 0 spiro atoms. The van der Waals surface area contributed by atoms with Crippen LogP contribution in [-0.2, 0) is 20.7 Å². The molecule has 1 aromatic carbocycles. The number of thiazole rings is 1. The van der Waals surface area contributed by atoms with Gasteiger partial charge in [0.25, 0.3) is 0 Å². The van der Waals surface area contributed by atoms with Gasteiger partial charge in [0, 0.05) is 29.2 Å². The lowest BCUT2D eigenvalue weighted by Crippen LogP contribution is -2.32. The lowest BCUT2D eigenvalue weighted by Gasteiger charge is -2.09. The minimum Gasteiger partial charge on any atom is -0.376 e. The maximum Gasteiger partial charge on any atom is 0.234 e. The Hall–Kier alpha value is -1.61. The number of carbonyl (C=O) groups excluding carboxylic acids is 2. The van der Waals surface area contributed by atoms with Gasteiger partial charge in [0.05, 0.1) is 24.0 Å². The number of rotatable bonds is 8. The molecule has 1 atom stereocenters. The van der Waals surface area contributed by atoms with Crippen molar-refractivity contribution in [2.45, 2.75) is 29.7 Å². The summed E-state index contributed by atoms with van der Waals surface area (Å²) in [7, 11) is 0. The molecule has 2 heterocycles. The third-order valence-electron chi connectivity index (χ3n) is 3.88. The molecule has 9 heteroatoms. The maximum atomic E-state index is 12.0. The van der Waals surface area contributed by atoms with Crippen molar-refractivity contribution in [2.75, 3.05) is 24.2 Å². The van der Waals surface area contributed by atoms with Gasteiger partial charge >= 0.3 is 0 Å². The number of hydrogen-bond donors (Lipinski definition) is 2. The predicted octanol–water partition coefficient (Wildman–Crippen LogP) is 3.37. The van der Waals surface area contributed by atoms with Crippen LogP contribution in [0.3, 0.4) is 0 Å². The molecule has 144 valence electrons. The normalized spacial score (nSPS) is 16.3. The Balaban J connectivity index is 1.38. The van der Waals surface area contributed by atoms with Crippen molar-refractivity contribution in [3.63, 3.8) is 0 Å². The van der Waals surface area contributed by atoms with Crippen LogP contribution in [0.15, 0.2) is 34.0 Å². The molecule has 0 aliphatic carbocycles. The average Bonchev–Trinajstić information content (AvgIpc) is 3.32. The van der Waals surface area contributed by atoms with Crippen molar-refractivity contribution in [1.82, 2.24) is 10.3 Å². The number of carbonyl (C=O) groups is 2. The van der Waals surface area contributed by atoms with Gasteiger partial charge in [-0.15, -0.1) is 11.3 Å². The number of benzene rings is 1. The Morgan fingerprint density at radius 3 is 2.85 bits per heavy atom. The summed E-state index contributed by atoms with van der Waals surface area (Å²) in [6.07, 6.45) is 2.42. The van der Waals surface area contributed by atoms with Crippen molar-refractivity contribution < 1.29 is 14.3 Å². The SMILES string of the molecule is O=C(Cc1csc(SCC(=O)Nc2ccc(Cl)cc2)n1)NC[C@@H]1CCCO1. The summed E-state index contributed by atoms with van der Waals surface area (Å²) in [6.45, 7) is 1.33. The number of nitrogens with zero attached hydrogens (tertiary/aromatic N) is 1. The third kappa shape index (κ3) is 6.80. The number of amides is 2. The van der Waals surface area contributed by atoms with Crippen LogP contribution in [0.5, 0.6) is 0 Å². The smallest absolute Gasteiger partial charge is 0.234 e. The Bertz CT molecular complexity index is 776. The van der Waals surface area contributed by atoms with Crippen molar-refractivity contribution in [1.29, 1.82) is 0 Å². The highest BCUT2D eigenvalue weighted by atomic mass is 35.5. The second kappa shape index (κ2) is 10.1. The summed E-state index contributed by atoms with van der Waals surface area (Å²) >= 11 is 8.61. The van der Waals surface area contributed by atoms with Crippen molar-refractivity contribution >= 4 is 52.2 Å². The van der Waals surface area contributed by atoms with Crippen LogP contribution in [0.2, 0.25) is 5.02 Å². The molecule has 1 aliphatic rings. The first-order valence-electron chi connectivity index (χ1n) is 8.59. The number of thioether (sulfide) groups is 1. The molecule has 0 bridgehead atoms. The standard InChI is InChI=1S/C18H20ClN3O3S2/c19-12-3-5-13(6-4-12)21-17(24)11-27-18-22-14(10-26-18)8-16(23)20-9-15-2-1-7-25-15/h3-6,10,15H,1-2,7-9,11H2,(H,20,23)(H,21,24)/t15-/m0/s1. The number of aromatic nitrogens is 1. The minimum absolute atomic E-state index is 0.0622. The summed E-state index contributed by atoms with van der Waals surface area (Å²) in [5.41, 5.74) is 1.41. The second-order valence-corrected chi connectivity index (χ2v) is 8.58. The van der Waals surface area contributed by atoms with Gasteiger partial charge in [0.2, 0.25) is 11.8 Å². The molecule has 0 unspecified atom stereocenters. The number of hydrogen-bond acceptors (Lipinski definition) is 6. The molecule has 1 aromatic heterocycles. The quantitative estimate of drug-likeness (QED) is 0.634. The van der Waals surface area contributed by atoms with Gasteiger partial charge in [-0.05, 0) is 37.1 Å². The number of anilines is 1. The minimum atomic E-state index is -0.117. The van der Waals surface area contributed by atoms with Crippen LogP contribution < -0.4 is 10.6 Å². The third-order valence-corrected chi connectivity index (χ3v) is 6.20. The Labute approximate surface area is 171 Å². The van der Waals surface area contributed by atoms with Gasteiger partial charge in [0.1, 0.15) is 0 Å². The van der Waals surface area contributed by atoms with E-state index in [1.165, 1.54) is 23.1 Å². The first-order chi connectivity index (χ1) is 13.1. The molecule has 6 nitrogen and oxygen atoms in total. The summed E-state index contributed by atoms with van der Waals surface area (Å²) in [6, 6.07) is 6.95. The van der Waals surface area contributed by atoms with E-state index in [2.05, 4.69) is 15.6 Å². The van der Waals surface area contributed by atoms with Gasteiger partial charge in [-0.3, -0.25) is 9.59 Å². The van der Waals surface area contributed by atoms with E-state index in [4.69, 9.17) is 16.3 Å². The van der Waals surface area contributed by atoms with Gasteiger partial charge in [-0.1, -0.05) is 23.4 Å². The molecule has 3 rings (SSSR count). The molecule has 2 N–H and O–H groups in total. The first-order valence-corrected chi connectivity index (χ1v) is 10.8.